The van der Waals surface area contributed by atoms with Gasteiger partial charge in [0, 0.05) is 5.56 Å². The Kier molecular flexibility index (Phi) is 3.62. The summed E-state index contributed by atoms with van der Waals surface area (Å²) in [7, 11) is 1.35. The minimum atomic E-state index is -0.398. The fourth-order valence-corrected chi connectivity index (χ4v) is 2.60. The summed E-state index contributed by atoms with van der Waals surface area (Å²) < 4.78 is 10.5. The number of aliphatic hydroxyl groups is 1. The van der Waals surface area contributed by atoms with Gasteiger partial charge in [0.2, 0.25) is 0 Å². The molecule has 0 aromatic heterocycles. The number of fused-ring (bicyclic) bond motifs is 1. The second-order valence-electron chi connectivity index (χ2n) is 5.00. The second-order valence-corrected chi connectivity index (χ2v) is 5.00. The molecule has 0 unspecified atom stereocenters. The number of ether oxygens (including phenoxy) is 2. The highest BCUT2D eigenvalue weighted by Crippen LogP contribution is 2.38. The van der Waals surface area contributed by atoms with E-state index in [1.54, 1.807) is 24.3 Å². The average molecular weight is 284 g/mol. The van der Waals surface area contributed by atoms with Crippen LogP contribution in [0.25, 0.3) is 0 Å². The van der Waals surface area contributed by atoms with Crippen LogP contribution < -0.4 is 4.74 Å². The normalized spacial score (nSPS) is 16.4. The zero-order chi connectivity index (χ0) is 14.8. The minimum Gasteiger partial charge on any atom is -0.465 e. The fraction of sp³-hybridized carbons (Fsp3) is 0.235. The van der Waals surface area contributed by atoms with Gasteiger partial charge in [-0.1, -0.05) is 12.1 Å². The maximum absolute atomic E-state index is 11.4. The summed E-state index contributed by atoms with van der Waals surface area (Å²) in [5, 5.41) is 9.89. The number of benzene rings is 2. The molecule has 0 fully saturated rings. The van der Waals surface area contributed by atoms with Gasteiger partial charge >= 0.3 is 5.97 Å². The van der Waals surface area contributed by atoms with Crippen LogP contribution in [0.3, 0.4) is 0 Å². The molecule has 0 radical (unpaired) electrons. The van der Waals surface area contributed by atoms with Crippen molar-refractivity contribution in [1.29, 1.82) is 0 Å². The Morgan fingerprint density at radius 3 is 2.67 bits per heavy atom. The molecule has 2 aromatic carbocycles. The summed E-state index contributed by atoms with van der Waals surface area (Å²) >= 11 is 0. The van der Waals surface area contributed by atoms with Crippen molar-refractivity contribution in [3.05, 3.63) is 59.2 Å². The zero-order valence-corrected chi connectivity index (χ0v) is 11.7. The number of esters is 1. The molecule has 0 saturated heterocycles. The van der Waals surface area contributed by atoms with Gasteiger partial charge in [-0.25, -0.2) is 4.79 Å². The van der Waals surface area contributed by atoms with Crippen molar-refractivity contribution >= 4 is 5.97 Å². The Bertz CT molecular complexity index is 661. The van der Waals surface area contributed by atoms with Crippen molar-refractivity contribution < 1.29 is 19.4 Å². The van der Waals surface area contributed by atoms with Crippen molar-refractivity contribution in [1.82, 2.24) is 0 Å². The van der Waals surface area contributed by atoms with E-state index >= 15 is 0 Å². The summed E-state index contributed by atoms with van der Waals surface area (Å²) in [5.41, 5.74) is 2.49. The maximum Gasteiger partial charge on any atom is 0.337 e. The first kappa shape index (κ1) is 13.6. The van der Waals surface area contributed by atoms with Crippen LogP contribution in [0.15, 0.2) is 42.5 Å². The van der Waals surface area contributed by atoms with E-state index in [1.807, 2.05) is 18.2 Å². The molecule has 2 aromatic rings. The molecule has 1 aliphatic carbocycles. The Hall–Kier alpha value is -2.33. The number of carbonyl (C=O) groups excluding carboxylic acids is 1. The van der Waals surface area contributed by atoms with Gasteiger partial charge in [0.1, 0.15) is 11.5 Å². The Balaban J connectivity index is 1.83. The lowest BCUT2D eigenvalue weighted by molar-refractivity contribution is 0.0600. The van der Waals surface area contributed by atoms with E-state index in [4.69, 9.17) is 4.74 Å². The highest BCUT2D eigenvalue weighted by atomic mass is 16.5. The van der Waals surface area contributed by atoms with Crippen molar-refractivity contribution in [2.45, 2.75) is 18.9 Å². The van der Waals surface area contributed by atoms with E-state index in [0.29, 0.717) is 11.3 Å². The van der Waals surface area contributed by atoms with E-state index < -0.39 is 6.10 Å². The molecule has 4 heteroatoms. The van der Waals surface area contributed by atoms with Gasteiger partial charge in [0.15, 0.2) is 0 Å². The molecule has 1 atom stereocenters. The van der Waals surface area contributed by atoms with Gasteiger partial charge in [-0.2, -0.15) is 0 Å². The average Bonchev–Trinajstić information content (AvgIpc) is 2.90. The molecular weight excluding hydrogens is 268 g/mol. The second kappa shape index (κ2) is 5.58. The van der Waals surface area contributed by atoms with Crippen LogP contribution in [-0.2, 0) is 11.2 Å². The van der Waals surface area contributed by atoms with Crippen molar-refractivity contribution in [2.24, 2.45) is 0 Å². The maximum atomic E-state index is 11.4. The molecule has 0 heterocycles. The van der Waals surface area contributed by atoms with Crippen molar-refractivity contribution in [3.8, 4) is 11.5 Å². The van der Waals surface area contributed by atoms with E-state index in [2.05, 4.69) is 4.74 Å². The summed E-state index contributed by atoms with van der Waals surface area (Å²) in [6.07, 6.45) is 1.15. The molecule has 0 aliphatic heterocycles. The third kappa shape index (κ3) is 2.62. The predicted molar refractivity (Wildman–Crippen MR) is 77.6 cm³/mol. The van der Waals surface area contributed by atoms with Gasteiger partial charge in [-0.3, -0.25) is 0 Å². The molecule has 1 aliphatic rings. The van der Waals surface area contributed by atoms with Gasteiger partial charge in [-0.05, 0) is 48.7 Å². The van der Waals surface area contributed by atoms with E-state index in [0.717, 1.165) is 29.7 Å². The molecule has 0 saturated carbocycles. The molecule has 0 amide bonds. The fourth-order valence-electron chi connectivity index (χ4n) is 2.60. The summed E-state index contributed by atoms with van der Waals surface area (Å²) in [4.78, 5) is 11.4. The minimum absolute atomic E-state index is 0.370. The van der Waals surface area contributed by atoms with E-state index in [9.17, 15) is 9.90 Å². The lowest BCUT2D eigenvalue weighted by atomic mass is 10.1. The predicted octanol–water partition coefficient (Wildman–Crippen LogP) is 3.25. The number of rotatable bonds is 3. The van der Waals surface area contributed by atoms with E-state index in [-0.39, 0.29) is 5.97 Å². The Morgan fingerprint density at radius 1 is 1.19 bits per heavy atom. The van der Waals surface area contributed by atoms with Crippen molar-refractivity contribution in [3.63, 3.8) is 0 Å². The SMILES string of the molecule is COC(=O)c1ccc(Oc2cccc3c2CC[C@@H]3O)cc1. The first-order valence-electron chi connectivity index (χ1n) is 6.85. The molecule has 108 valence electrons. The van der Waals surface area contributed by atoms with Crippen LogP contribution in [-0.4, -0.2) is 18.2 Å². The molecule has 1 N–H and O–H groups in total. The number of methoxy groups -OCH3 is 1. The van der Waals surface area contributed by atoms with Crippen molar-refractivity contribution in [2.75, 3.05) is 7.11 Å². The van der Waals surface area contributed by atoms with E-state index in [1.165, 1.54) is 7.11 Å². The monoisotopic (exact) mass is 284 g/mol. The van der Waals surface area contributed by atoms with Crippen LogP contribution in [0.1, 0.15) is 34.0 Å². The van der Waals surface area contributed by atoms with Gasteiger partial charge in [-0.15, -0.1) is 0 Å². The number of hydrogen-bond donors (Lipinski definition) is 1. The number of hydrogen-bond acceptors (Lipinski definition) is 4. The summed E-state index contributed by atoms with van der Waals surface area (Å²) in [6.45, 7) is 0. The molecule has 0 bridgehead atoms. The first-order chi connectivity index (χ1) is 10.2. The Morgan fingerprint density at radius 2 is 1.95 bits per heavy atom. The van der Waals surface area contributed by atoms with Gasteiger partial charge in [0.25, 0.3) is 0 Å². The van der Waals surface area contributed by atoms with Crippen LogP contribution in [0.2, 0.25) is 0 Å². The van der Waals surface area contributed by atoms with Crippen LogP contribution in [0.4, 0.5) is 0 Å². The lowest BCUT2D eigenvalue weighted by Crippen LogP contribution is -2.00. The van der Waals surface area contributed by atoms with Crippen LogP contribution >= 0.6 is 0 Å². The highest BCUT2D eigenvalue weighted by Gasteiger charge is 2.23. The summed E-state index contributed by atoms with van der Waals surface area (Å²) in [6, 6.07) is 12.5. The van der Waals surface area contributed by atoms with Crippen LogP contribution in [0.5, 0.6) is 11.5 Å². The number of aliphatic hydroxyl groups excluding tert-OH is 1. The van der Waals surface area contributed by atoms with Crippen LogP contribution in [0, 0.1) is 0 Å². The molecule has 3 rings (SSSR count). The molecule has 4 nitrogen and oxygen atoms in total. The smallest absolute Gasteiger partial charge is 0.337 e. The first-order valence-corrected chi connectivity index (χ1v) is 6.85. The lowest BCUT2D eigenvalue weighted by Gasteiger charge is -2.11. The summed E-state index contributed by atoms with van der Waals surface area (Å²) in [5.74, 6) is 1.04. The molecule has 0 spiro atoms. The number of carbonyl (C=O) groups is 1. The van der Waals surface area contributed by atoms with Gasteiger partial charge < -0.3 is 14.6 Å². The topological polar surface area (TPSA) is 55.8 Å². The quantitative estimate of drug-likeness (QED) is 0.879. The molecular formula is C17H16O4. The Labute approximate surface area is 122 Å². The zero-order valence-electron chi connectivity index (χ0n) is 11.7. The standard InChI is InChI=1S/C17H16O4/c1-20-17(19)11-5-7-12(8-6-11)21-16-4-2-3-13-14(16)9-10-15(13)18/h2-8,15,18H,9-10H2,1H3/t15-/m0/s1. The third-order valence-electron chi connectivity index (χ3n) is 3.70. The third-order valence-corrected chi connectivity index (χ3v) is 3.70. The highest BCUT2D eigenvalue weighted by molar-refractivity contribution is 5.89. The largest absolute Gasteiger partial charge is 0.465 e. The van der Waals surface area contributed by atoms with Gasteiger partial charge in [0.05, 0.1) is 18.8 Å². The molecule has 21 heavy (non-hydrogen) atoms.